The molecule has 0 aromatic carbocycles. The summed E-state index contributed by atoms with van der Waals surface area (Å²) >= 11 is 2.65. The van der Waals surface area contributed by atoms with Crippen LogP contribution >= 0.6 is 23.1 Å². The van der Waals surface area contributed by atoms with Gasteiger partial charge in [-0.25, -0.2) is 4.79 Å². The SMILES string of the molecule is CCOC(=O)c1c(CC(C)C)csc1NC(=O)CSc1nnc(-c2ccoc2C)n1CC. The van der Waals surface area contributed by atoms with Crippen LogP contribution in [0, 0.1) is 12.8 Å². The smallest absolute Gasteiger partial charge is 0.341 e. The third kappa shape index (κ3) is 5.42. The van der Waals surface area contributed by atoms with Crippen LogP contribution in [0.5, 0.6) is 0 Å². The lowest BCUT2D eigenvalue weighted by Gasteiger charge is -2.10. The minimum Gasteiger partial charge on any atom is -0.469 e. The molecular weight excluding hydrogens is 448 g/mol. The zero-order valence-electron chi connectivity index (χ0n) is 18.9. The van der Waals surface area contributed by atoms with Crippen molar-refractivity contribution >= 4 is 40.0 Å². The summed E-state index contributed by atoms with van der Waals surface area (Å²) in [5.41, 5.74) is 2.24. The van der Waals surface area contributed by atoms with Gasteiger partial charge in [-0.2, -0.15) is 0 Å². The van der Waals surface area contributed by atoms with Crippen LogP contribution in [0.25, 0.3) is 11.4 Å². The van der Waals surface area contributed by atoms with Gasteiger partial charge in [0.05, 0.1) is 29.7 Å². The highest BCUT2D eigenvalue weighted by Gasteiger charge is 2.23. The van der Waals surface area contributed by atoms with Gasteiger partial charge in [0, 0.05) is 6.54 Å². The Balaban J connectivity index is 1.72. The zero-order valence-corrected chi connectivity index (χ0v) is 20.6. The van der Waals surface area contributed by atoms with E-state index in [9.17, 15) is 9.59 Å². The molecule has 8 nitrogen and oxygen atoms in total. The standard InChI is InChI=1S/C22H28N4O4S2/c1-6-26-19(16-8-9-30-14(16)5)24-25-22(26)32-12-17(27)23-20-18(21(28)29-7-2)15(11-31-20)10-13(3)4/h8-9,11,13H,6-7,10,12H2,1-5H3,(H,23,27). The van der Waals surface area contributed by atoms with E-state index in [4.69, 9.17) is 9.15 Å². The largest absolute Gasteiger partial charge is 0.469 e. The van der Waals surface area contributed by atoms with Gasteiger partial charge in [0.15, 0.2) is 11.0 Å². The van der Waals surface area contributed by atoms with E-state index in [0.717, 1.165) is 23.3 Å². The Morgan fingerprint density at radius 2 is 2.09 bits per heavy atom. The van der Waals surface area contributed by atoms with Gasteiger partial charge in [-0.3, -0.25) is 4.79 Å². The first-order valence-electron chi connectivity index (χ1n) is 10.5. The van der Waals surface area contributed by atoms with E-state index >= 15 is 0 Å². The van der Waals surface area contributed by atoms with Crippen LogP contribution in [-0.4, -0.2) is 39.0 Å². The second-order valence-corrected chi connectivity index (χ2v) is 9.38. The molecule has 0 unspecified atom stereocenters. The number of carbonyl (C=O) groups is 2. The second kappa shape index (κ2) is 10.8. The molecular formula is C22H28N4O4S2. The lowest BCUT2D eigenvalue weighted by Crippen LogP contribution is -2.17. The Hall–Kier alpha value is -2.59. The number of carbonyl (C=O) groups excluding carboxylic acids is 2. The molecule has 0 aliphatic carbocycles. The van der Waals surface area contributed by atoms with Crippen molar-refractivity contribution in [2.75, 3.05) is 17.7 Å². The molecule has 0 spiro atoms. The number of esters is 1. The van der Waals surface area contributed by atoms with Gasteiger partial charge in [0.1, 0.15) is 10.8 Å². The Morgan fingerprint density at radius 1 is 1.31 bits per heavy atom. The molecule has 0 atom stereocenters. The first-order valence-corrected chi connectivity index (χ1v) is 12.4. The van der Waals surface area contributed by atoms with Crippen LogP contribution in [0.4, 0.5) is 5.00 Å². The van der Waals surface area contributed by atoms with Crippen molar-refractivity contribution in [1.82, 2.24) is 14.8 Å². The summed E-state index contributed by atoms with van der Waals surface area (Å²) in [6.07, 6.45) is 2.36. The van der Waals surface area contributed by atoms with Crippen LogP contribution in [0.15, 0.2) is 27.3 Å². The summed E-state index contributed by atoms with van der Waals surface area (Å²) < 4.78 is 12.5. The van der Waals surface area contributed by atoms with Crippen molar-refractivity contribution in [3.05, 3.63) is 34.6 Å². The number of amides is 1. The number of hydrogen-bond donors (Lipinski definition) is 1. The first-order chi connectivity index (χ1) is 15.3. The maximum absolute atomic E-state index is 12.7. The highest BCUT2D eigenvalue weighted by Crippen LogP contribution is 2.32. The van der Waals surface area contributed by atoms with E-state index in [2.05, 4.69) is 29.4 Å². The monoisotopic (exact) mass is 476 g/mol. The summed E-state index contributed by atoms with van der Waals surface area (Å²) in [5, 5.41) is 14.5. The summed E-state index contributed by atoms with van der Waals surface area (Å²) in [5.74, 6) is 1.38. The number of ether oxygens (including phenoxy) is 1. The summed E-state index contributed by atoms with van der Waals surface area (Å²) in [6.45, 7) is 10.8. The molecule has 1 N–H and O–H groups in total. The fraction of sp³-hybridized carbons (Fsp3) is 0.455. The molecule has 0 fully saturated rings. The number of hydrogen-bond acceptors (Lipinski definition) is 8. The number of furan rings is 1. The average Bonchev–Trinajstić information content (AvgIpc) is 3.44. The lowest BCUT2D eigenvalue weighted by atomic mass is 10.0. The molecule has 0 aliphatic rings. The zero-order chi connectivity index (χ0) is 23.3. The van der Waals surface area contributed by atoms with E-state index in [-0.39, 0.29) is 18.3 Å². The third-order valence-corrected chi connectivity index (χ3v) is 6.60. The Labute approximate surface area is 195 Å². The second-order valence-electron chi connectivity index (χ2n) is 7.56. The van der Waals surface area contributed by atoms with E-state index in [1.165, 1.54) is 23.1 Å². The topological polar surface area (TPSA) is 99.2 Å². The van der Waals surface area contributed by atoms with E-state index in [0.29, 0.717) is 34.0 Å². The minimum atomic E-state index is -0.404. The van der Waals surface area contributed by atoms with Gasteiger partial charge < -0.3 is 19.0 Å². The summed E-state index contributed by atoms with van der Waals surface area (Å²) in [6, 6.07) is 1.86. The van der Waals surface area contributed by atoms with E-state index in [1.807, 2.05) is 29.9 Å². The molecule has 3 rings (SSSR count). The minimum absolute atomic E-state index is 0.141. The van der Waals surface area contributed by atoms with Crippen molar-refractivity contribution in [3.8, 4) is 11.4 Å². The Morgan fingerprint density at radius 3 is 2.72 bits per heavy atom. The predicted molar refractivity (Wildman–Crippen MR) is 126 cm³/mol. The number of aryl methyl sites for hydroxylation is 1. The quantitative estimate of drug-likeness (QED) is 0.323. The number of thioether (sulfide) groups is 1. The molecule has 172 valence electrons. The van der Waals surface area contributed by atoms with Crippen molar-refractivity contribution < 1.29 is 18.7 Å². The average molecular weight is 477 g/mol. The molecule has 10 heteroatoms. The molecule has 1 amide bonds. The third-order valence-electron chi connectivity index (χ3n) is 4.69. The summed E-state index contributed by atoms with van der Waals surface area (Å²) in [7, 11) is 0. The lowest BCUT2D eigenvalue weighted by molar-refractivity contribution is -0.113. The molecule has 0 saturated carbocycles. The number of thiophene rings is 1. The normalized spacial score (nSPS) is 11.2. The van der Waals surface area contributed by atoms with Crippen LogP contribution in [-0.2, 0) is 22.5 Å². The number of nitrogens with one attached hydrogen (secondary N) is 1. The number of rotatable bonds is 10. The van der Waals surface area contributed by atoms with Crippen LogP contribution in [0.2, 0.25) is 0 Å². The number of aromatic nitrogens is 3. The van der Waals surface area contributed by atoms with Crippen molar-refractivity contribution in [2.24, 2.45) is 5.92 Å². The van der Waals surface area contributed by atoms with E-state index < -0.39 is 5.97 Å². The van der Waals surface area contributed by atoms with Crippen LogP contribution in [0.3, 0.4) is 0 Å². The van der Waals surface area contributed by atoms with Gasteiger partial charge in [-0.15, -0.1) is 21.5 Å². The van der Waals surface area contributed by atoms with E-state index in [1.54, 1.807) is 13.2 Å². The fourth-order valence-electron chi connectivity index (χ4n) is 3.29. The maximum atomic E-state index is 12.7. The van der Waals surface area contributed by atoms with Crippen LogP contribution < -0.4 is 5.32 Å². The Bertz CT molecular complexity index is 1080. The predicted octanol–water partition coefficient (Wildman–Crippen LogP) is 5.03. The van der Waals surface area contributed by atoms with Crippen molar-refractivity contribution in [3.63, 3.8) is 0 Å². The van der Waals surface area contributed by atoms with Crippen LogP contribution in [0.1, 0.15) is 49.4 Å². The molecule has 0 saturated heterocycles. The van der Waals surface area contributed by atoms with Gasteiger partial charge in [-0.05, 0) is 50.1 Å². The number of nitrogens with zero attached hydrogens (tertiary/aromatic N) is 3. The van der Waals surface area contributed by atoms with Gasteiger partial charge in [0.25, 0.3) is 0 Å². The molecule has 3 aromatic heterocycles. The van der Waals surface area contributed by atoms with Gasteiger partial charge in [-0.1, -0.05) is 25.6 Å². The molecule has 0 bridgehead atoms. The van der Waals surface area contributed by atoms with Crippen molar-refractivity contribution in [1.29, 1.82) is 0 Å². The Kier molecular flexibility index (Phi) is 8.14. The first kappa shape index (κ1) is 24.1. The molecule has 3 heterocycles. The van der Waals surface area contributed by atoms with Crippen molar-refractivity contribution in [2.45, 2.75) is 52.7 Å². The molecule has 32 heavy (non-hydrogen) atoms. The number of anilines is 1. The fourth-order valence-corrected chi connectivity index (χ4v) is 5.07. The molecule has 0 radical (unpaired) electrons. The molecule has 0 aliphatic heterocycles. The maximum Gasteiger partial charge on any atom is 0.341 e. The van der Waals surface area contributed by atoms with Gasteiger partial charge in [0.2, 0.25) is 5.91 Å². The highest BCUT2D eigenvalue weighted by atomic mass is 32.2. The van der Waals surface area contributed by atoms with Gasteiger partial charge >= 0.3 is 5.97 Å². The summed E-state index contributed by atoms with van der Waals surface area (Å²) in [4.78, 5) is 25.2. The highest BCUT2D eigenvalue weighted by molar-refractivity contribution is 7.99. The molecule has 3 aromatic rings.